The Morgan fingerprint density at radius 1 is 1.00 bits per heavy atom. The normalized spacial score (nSPS) is 12.4. The van der Waals surface area contributed by atoms with Crippen LogP contribution in [0.2, 0.25) is 10.0 Å². The number of benzene rings is 2. The van der Waals surface area contributed by atoms with E-state index >= 15 is 0 Å². The number of alkyl halides is 1. The molecular weight excluding hydrogens is 319 g/mol. The Morgan fingerprint density at radius 3 is 2.47 bits per heavy atom. The summed E-state index contributed by atoms with van der Waals surface area (Å²) in [6.07, 6.45) is 0.847. The number of hydrogen-bond donors (Lipinski definition) is 0. The quantitative estimate of drug-likeness (QED) is 0.636. The lowest BCUT2D eigenvalue weighted by Gasteiger charge is -2.11. The Hall–Kier alpha value is -0.500. The SMILES string of the molecule is Clc1cccc(C(Br)Cc2ccccc2Cl)c1. The molecule has 2 aromatic rings. The van der Waals surface area contributed by atoms with Gasteiger partial charge in [0, 0.05) is 14.9 Å². The van der Waals surface area contributed by atoms with Crippen molar-refractivity contribution in [2.45, 2.75) is 11.2 Å². The first-order valence-corrected chi connectivity index (χ1v) is 6.97. The molecule has 3 heteroatoms. The summed E-state index contributed by atoms with van der Waals surface area (Å²) in [5, 5.41) is 1.56. The predicted molar refractivity (Wildman–Crippen MR) is 78.3 cm³/mol. The highest BCUT2D eigenvalue weighted by Crippen LogP contribution is 2.30. The summed E-state index contributed by atoms with van der Waals surface area (Å²) in [5.41, 5.74) is 2.30. The number of hydrogen-bond acceptors (Lipinski definition) is 0. The van der Waals surface area contributed by atoms with Crippen LogP contribution in [0.25, 0.3) is 0 Å². The number of halogens is 3. The van der Waals surface area contributed by atoms with E-state index in [1.165, 1.54) is 0 Å². The fourth-order valence-corrected chi connectivity index (χ4v) is 2.72. The summed E-state index contributed by atoms with van der Waals surface area (Å²) in [4.78, 5) is 0.223. The summed E-state index contributed by atoms with van der Waals surface area (Å²) < 4.78 is 0. The second-order valence-electron chi connectivity index (χ2n) is 3.82. The van der Waals surface area contributed by atoms with E-state index in [1.807, 2.05) is 42.5 Å². The van der Waals surface area contributed by atoms with Crippen molar-refractivity contribution in [3.63, 3.8) is 0 Å². The summed E-state index contributed by atoms with van der Waals surface area (Å²) in [5.74, 6) is 0. The Labute approximate surface area is 120 Å². The van der Waals surface area contributed by atoms with Gasteiger partial charge in [0.25, 0.3) is 0 Å². The molecule has 0 radical (unpaired) electrons. The second kappa shape index (κ2) is 5.90. The molecule has 0 bridgehead atoms. The van der Waals surface area contributed by atoms with Gasteiger partial charge >= 0.3 is 0 Å². The van der Waals surface area contributed by atoms with Crippen molar-refractivity contribution < 1.29 is 0 Å². The highest BCUT2D eigenvalue weighted by atomic mass is 79.9. The lowest BCUT2D eigenvalue weighted by Crippen LogP contribution is -1.96. The van der Waals surface area contributed by atoms with Crippen LogP contribution in [0.5, 0.6) is 0 Å². The van der Waals surface area contributed by atoms with Gasteiger partial charge in [0.2, 0.25) is 0 Å². The van der Waals surface area contributed by atoms with Gasteiger partial charge < -0.3 is 0 Å². The molecule has 1 unspecified atom stereocenters. The van der Waals surface area contributed by atoms with Crippen molar-refractivity contribution >= 4 is 39.1 Å². The van der Waals surface area contributed by atoms with Gasteiger partial charge in [0.05, 0.1) is 0 Å². The third kappa shape index (κ3) is 3.48. The second-order valence-corrected chi connectivity index (χ2v) is 5.77. The van der Waals surface area contributed by atoms with E-state index < -0.39 is 0 Å². The molecule has 0 saturated carbocycles. The van der Waals surface area contributed by atoms with Crippen molar-refractivity contribution in [1.29, 1.82) is 0 Å². The van der Waals surface area contributed by atoms with Crippen molar-refractivity contribution in [3.8, 4) is 0 Å². The smallest absolute Gasteiger partial charge is 0.0438 e. The topological polar surface area (TPSA) is 0 Å². The fraction of sp³-hybridized carbons (Fsp3) is 0.143. The lowest BCUT2D eigenvalue weighted by molar-refractivity contribution is 0.949. The molecule has 2 aromatic carbocycles. The fourth-order valence-electron chi connectivity index (χ4n) is 1.68. The molecule has 0 fully saturated rings. The van der Waals surface area contributed by atoms with E-state index in [-0.39, 0.29) is 4.83 Å². The van der Waals surface area contributed by atoms with Crippen LogP contribution in [0, 0.1) is 0 Å². The van der Waals surface area contributed by atoms with Crippen molar-refractivity contribution in [1.82, 2.24) is 0 Å². The molecule has 0 spiro atoms. The first-order chi connectivity index (χ1) is 8.16. The third-order valence-electron chi connectivity index (χ3n) is 2.57. The zero-order valence-electron chi connectivity index (χ0n) is 9.04. The average Bonchev–Trinajstić information content (AvgIpc) is 2.32. The Bertz CT molecular complexity index is 511. The minimum Gasteiger partial charge on any atom is -0.0843 e. The van der Waals surface area contributed by atoms with Gasteiger partial charge in [0.15, 0.2) is 0 Å². The zero-order valence-corrected chi connectivity index (χ0v) is 12.1. The summed E-state index contributed by atoms with van der Waals surface area (Å²) in [7, 11) is 0. The standard InChI is InChI=1S/C14H11BrCl2/c15-13(10-5-3-6-12(16)8-10)9-11-4-1-2-7-14(11)17/h1-8,13H,9H2. The molecule has 0 aliphatic rings. The van der Waals surface area contributed by atoms with Crippen LogP contribution in [0.1, 0.15) is 16.0 Å². The van der Waals surface area contributed by atoms with Gasteiger partial charge in [-0.05, 0) is 35.7 Å². The molecule has 17 heavy (non-hydrogen) atoms. The van der Waals surface area contributed by atoms with E-state index in [0.29, 0.717) is 0 Å². The van der Waals surface area contributed by atoms with Gasteiger partial charge in [-0.15, -0.1) is 0 Å². The van der Waals surface area contributed by atoms with Gasteiger partial charge in [-0.25, -0.2) is 0 Å². The van der Waals surface area contributed by atoms with Crippen LogP contribution in [-0.2, 0) is 6.42 Å². The van der Waals surface area contributed by atoms with E-state index in [4.69, 9.17) is 23.2 Å². The van der Waals surface area contributed by atoms with Crippen molar-refractivity contribution in [3.05, 3.63) is 69.7 Å². The van der Waals surface area contributed by atoms with E-state index in [1.54, 1.807) is 0 Å². The van der Waals surface area contributed by atoms with Crippen molar-refractivity contribution in [2.75, 3.05) is 0 Å². The first-order valence-electron chi connectivity index (χ1n) is 5.30. The van der Waals surface area contributed by atoms with Crippen LogP contribution >= 0.6 is 39.1 Å². The molecule has 88 valence electrons. The third-order valence-corrected chi connectivity index (χ3v) is 4.02. The highest BCUT2D eigenvalue weighted by molar-refractivity contribution is 9.09. The van der Waals surface area contributed by atoms with E-state index in [2.05, 4.69) is 22.0 Å². The number of rotatable bonds is 3. The molecule has 0 amide bonds. The molecular formula is C14H11BrCl2. The van der Waals surface area contributed by atoms with Gasteiger partial charge in [0.1, 0.15) is 0 Å². The maximum absolute atomic E-state index is 6.14. The molecule has 1 atom stereocenters. The first kappa shape index (κ1) is 12.9. The molecule has 0 aliphatic heterocycles. The van der Waals surface area contributed by atoms with Gasteiger partial charge in [-0.1, -0.05) is 69.5 Å². The molecule has 0 saturated heterocycles. The Kier molecular flexibility index (Phi) is 4.49. The highest BCUT2D eigenvalue weighted by Gasteiger charge is 2.10. The van der Waals surface area contributed by atoms with Crippen molar-refractivity contribution in [2.24, 2.45) is 0 Å². The van der Waals surface area contributed by atoms with Crippen LogP contribution in [-0.4, -0.2) is 0 Å². The molecule has 0 heterocycles. The lowest BCUT2D eigenvalue weighted by atomic mass is 10.0. The molecule has 0 aliphatic carbocycles. The van der Waals surface area contributed by atoms with Crippen LogP contribution in [0.4, 0.5) is 0 Å². The molecule has 0 nitrogen and oxygen atoms in total. The molecule has 2 rings (SSSR count). The van der Waals surface area contributed by atoms with Gasteiger partial charge in [-0.2, -0.15) is 0 Å². The van der Waals surface area contributed by atoms with E-state index in [0.717, 1.165) is 27.6 Å². The summed E-state index contributed by atoms with van der Waals surface area (Å²) in [6, 6.07) is 15.8. The monoisotopic (exact) mass is 328 g/mol. The Morgan fingerprint density at radius 2 is 1.76 bits per heavy atom. The largest absolute Gasteiger partial charge is 0.0843 e. The summed E-state index contributed by atoms with van der Waals surface area (Å²) >= 11 is 15.8. The summed E-state index contributed by atoms with van der Waals surface area (Å²) in [6.45, 7) is 0. The van der Waals surface area contributed by atoms with Gasteiger partial charge in [-0.3, -0.25) is 0 Å². The minimum absolute atomic E-state index is 0.223. The average molecular weight is 330 g/mol. The zero-order chi connectivity index (χ0) is 12.3. The maximum Gasteiger partial charge on any atom is 0.0438 e. The van der Waals surface area contributed by atoms with E-state index in [9.17, 15) is 0 Å². The maximum atomic E-state index is 6.14. The van der Waals surface area contributed by atoms with Crippen LogP contribution < -0.4 is 0 Å². The van der Waals surface area contributed by atoms with Crippen LogP contribution in [0.15, 0.2) is 48.5 Å². The molecule has 0 aromatic heterocycles. The Balaban J connectivity index is 2.17. The predicted octanol–water partition coefficient (Wildman–Crippen LogP) is 5.67. The molecule has 0 N–H and O–H groups in total. The van der Waals surface area contributed by atoms with Crippen LogP contribution in [0.3, 0.4) is 0 Å². The minimum atomic E-state index is 0.223.